The van der Waals surface area contributed by atoms with Crippen molar-refractivity contribution in [2.24, 2.45) is 0 Å². The Morgan fingerprint density at radius 1 is 1.08 bits per heavy atom. The molecule has 0 spiro atoms. The number of benzene rings is 2. The van der Waals surface area contributed by atoms with E-state index < -0.39 is 0 Å². The Morgan fingerprint density at radius 3 is 2.44 bits per heavy atom. The van der Waals surface area contributed by atoms with Gasteiger partial charge in [0.25, 0.3) is 5.91 Å². The first-order valence-electron chi connectivity index (χ1n) is 8.36. The van der Waals surface area contributed by atoms with Crippen LogP contribution in [0.15, 0.2) is 48.5 Å². The molecule has 3 aromatic rings. The van der Waals surface area contributed by atoms with Crippen LogP contribution in [0.2, 0.25) is 0 Å². The van der Waals surface area contributed by atoms with Crippen molar-refractivity contribution in [3.63, 3.8) is 0 Å². The predicted molar refractivity (Wildman–Crippen MR) is 99.3 cm³/mol. The van der Waals surface area contributed by atoms with Gasteiger partial charge in [0.05, 0.1) is 11.4 Å². The summed E-state index contributed by atoms with van der Waals surface area (Å²) in [6.45, 7) is 8.15. The molecule has 0 radical (unpaired) electrons. The quantitative estimate of drug-likeness (QED) is 0.775. The van der Waals surface area contributed by atoms with Gasteiger partial charge in [-0.1, -0.05) is 43.3 Å². The third-order valence-electron chi connectivity index (χ3n) is 4.19. The zero-order chi connectivity index (χ0) is 18.0. The van der Waals surface area contributed by atoms with Crippen LogP contribution in [0.3, 0.4) is 0 Å². The van der Waals surface area contributed by atoms with Gasteiger partial charge in [-0.15, -0.1) is 5.10 Å². The highest BCUT2D eigenvalue weighted by Crippen LogP contribution is 2.19. The zero-order valence-corrected chi connectivity index (χ0v) is 14.9. The molecule has 0 bridgehead atoms. The van der Waals surface area contributed by atoms with E-state index in [0.29, 0.717) is 17.3 Å². The Labute approximate surface area is 147 Å². The maximum atomic E-state index is 12.5. The Balaban J connectivity index is 1.84. The lowest BCUT2D eigenvalue weighted by Crippen LogP contribution is -2.14. The number of rotatable bonds is 4. The van der Waals surface area contributed by atoms with Crippen molar-refractivity contribution in [2.45, 2.75) is 33.6 Å². The smallest absolute Gasteiger partial charge is 0.278 e. The second-order valence-electron chi connectivity index (χ2n) is 6.51. The van der Waals surface area contributed by atoms with Gasteiger partial charge in [0.2, 0.25) is 0 Å². The van der Waals surface area contributed by atoms with E-state index in [9.17, 15) is 4.79 Å². The lowest BCUT2D eigenvalue weighted by Gasteiger charge is -2.08. The lowest BCUT2D eigenvalue weighted by molar-refractivity contribution is 0.102. The number of hydrogen-bond acceptors (Lipinski definition) is 3. The first kappa shape index (κ1) is 16.9. The number of carbonyl (C=O) groups excluding carboxylic acids is 1. The molecule has 5 nitrogen and oxygen atoms in total. The summed E-state index contributed by atoms with van der Waals surface area (Å²) in [6.07, 6.45) is 0. The minimum absolute atomic E-state index is 0.256. The molecule has 0 saturated carbocycles. The highest BCUT2D eigenvalue weighted by Gasteiger charge is 2.17. The summed E-state index contributed by atoms with van der Waals surface area (Å²) in [5.74, 6) is 0.217. The molecule has 0 saturated heterocycles. The minimum atomic E-state index is -0.256. The molecule has 3 rings (SSSR count). The van der Waals surface area contributed by atoms with Gasteiger partial charge in [0, 0.05) is 5.69 Å². The molecular formula is C20H22N4O. The molecule has 128 valence electrons. The van der Waals surface area contributed by atoms with Crippen molar-refractivity contribution in [3.8, 4) is 5.69 Å². The summed E-state index contributed by atoms with van der Waals surface area (Å²) in [5, 5.41) is 11.1. The average molecular weight is 334 g/mol. The summed E-state index contributed by atoms with van der Waals surface area (Å²) in [7, 11) is 0. The van der Waals surface area contributed by atoms with Gasteiger partial charge < -0.3 is 5.32 Å². The molecule has 1 heterocycles. The monoisotopic (exact) mass is 334 g/mol. The van der Waals surface area contributed by atoms with E-state index in [-0.39, 0.29) is 5.91 Å². The molecule has 25 heavy (non-hydrogen) atoms. The average Bonchev–Trinajstić information content (AvgIpc) is 2.96. The molecule has 0 atom stereocenters. The van der Waals surface area contributed by atoms with Crippen LogP contribution in [0.5, 0.6) is 0 Å². The number of aryl methyl sites for hydroxylation is 1. The van der Waals surface area contributed by atoms with Gasteiger partial charge in [0.15, 0.2) is 5.69 Å². The summed E-state index contributed by atoms with van der Waals surface area (Å²) in [4.78, 5) is 12.5. The van der Waals surface area contributed by atoms with Crippen LogP contribution in [0.25, 0.3) is 5.69 Å². The third-order valence-corrected chi connectivity index (χ3v) is 4.19. The maximum Gasteiger partial charge on any atom is 0.278 e. The first-order chi connectivity index (χ1) is 12.0. The number of carbonyl (C=O) groups is 1. The summed E-state index contributed by atoms with van der Waals surface area (Å²) in [5.41, 5.74) is 5.03. The summed E-state index contributed by atoms with van der Waals surface area (Å²) >= 11 is 0. The van der Waals surface area contributed by atoms with Gasteiger partial charge in [0.1, 0.15) is 0 Å². The number of aromatic nitrogens is 3. The van der Waals surface area contributed by atoms with Crippen molar-refractivity contribution in [3.05, 3.63) is 71.0 Å². The van der Waals surface area contributed by atoms with E-state index in [4.69, 9.17) is 0 Å². The van der Waals surface area contributed by atoms with Crippen molar-refractivity contribution in [1.82, 2.24) is 15.0 Å². The van der Waals surface area contributed by atoms with Crippen LogP contribution in [-0.4, -0.2) is 20.9 Å². The van der Waals surface area contributed by atoms with Crippen LogP contribution in [0, 0.1) is 13.8 Å². The fourth-order valence-corrected chi connectivity index (χ4v) is 2.70. The molecule has 1 aromatic heterocycles. The van der Waals surface area contributed by atoms with Crippen LogP contribution >= 0.6 is 0 Å². The van der Waals surface area contributed by atoms with Crippen LogP contribution in [0.1, 0.15) is 47.1 Å². The molecule has 0 aliphatic heterocycles. The van der Waals surface area contributed by atoms with Crippen LogP contribution in [0.4, 0.5) is 5.69 Å². The van der Waals surface area contributed by atoms with E-state index in [1.165, 1.54) is 5.56 Å². The molecule has 0 unspecified atom stereocenters. The molecule has 5 heteroatoms. The molecule has 0 aliphatic carbocycles. The number of nitrogens with zero attached hydrogens (tertiary/aromatic N) is 3. The largest absolute Gasteiger partial charge is 0.321 e. The summed E-state index contributed by atoms with van der Waals surface area (Å²) < 4.78 is 1.69. The Kier molecular flexibility index (Phi) is 4.65. The fourth-order valence-electron chi connectivity index (χ4n) is 2.70. The zero-order valence-electron chi connectivity index (χ0n) is 14.9. The van der Waals surface area contributed by atoms with Crippen LogP contribution < -0.4 is 5.32 Å². The van der Waals surface area contributed by atoms with Gasteiger partial charge >= 0.3 is 0 Å². The highest BCUT2D eigenvalue weighted by molar-refractivity contribution is 6.03. The number of hydrogen-bond donors (Lipinski definition) is 1. The topological polar surface area (TPSA) is 59.8 Å². The minimum Gasteiger partial charge on any atom is -0.321 e. The molecule has 1 amide bonds. The third kappa shape index (κ3) is 3.60. The SMILES string of the molecule is Cc1cccc(NC(=O)c2nnn(-c3ccc(C(C)C)cc3)c2C)c1. The maximum absolute atomic E-state index is 12.5. The highest BCUT2D eigenvalue weighted by atomic mass is 16.2. The van der Waals surface area contributed by atoms with E-state index in [0.717, 1.165) is 16.9 Å². The lowest BCUT2D eigenvalue weighted by atomic mass is 10.0. The second-order valence-corrected chi connectivity index (χ2v) is 6.51. The fraction of sp³-hybridized carbons (Fsp3) is 0.250. The molecule has 0 fully saturated rings. The first-order valence-corrected chi connectivity index (χ1v) is 8.36. The predicted octanol–water partition coefficient (Wildman–Crippen LogP) is 4.26. The van der Waals surface area contributed by atoms with Crippen molar-refractivity contribution in [1.29, 1.82) is 0 Å². The molecule has 0 aliphatic rings. The van der Waals surface area contributed by atoms with E-state index in [2.05, 4.69) is 41.6 Å². The van der Waals surface area contributed by atoms with E-state index in [1.807, 2.05) is 50.2 Å². The van der Waals surface area contributed by atoms with Crippen molar-refractivity contribution >= 4 is 11.6 Å². The molecular weight excluding hydrogens is 312 g/mol. The Hall–Kier alpha value is -2.95. The van der Waals surface area contributed by atoms with Gasteiger partial charge in [-0.2, -0.15) is 0 Å². The van der Waals surface area contributed by atoms with Crippen LogP contribution in [-0.2, 0) is 0 Å². The Morgan fingerprint density at radius 2 is 1.80 bits per heavy atom. The van der Waals surface area contributed by atoms with Gasteiger partial charge in [-0.05, 0) is 55.2 Å². The summed E-state index contributed by atoms with van der Waals surface area (Å²) in [6, 6.07) is 15.8. The normalized spacial score (nSPS) is 10.9. The van der Waals surface area contributed by atoms with E-state index >= 15 is 0 Å². The number of amides is 1. The molecule has 2 aromatic carbocycles. The standard InChI is InChI=1S/C20H22N4O/c1-13(2)16-8-10-18(11-9-16)24-15(4)19(22-23-24)20(25)21-17-7-5-6-14(3)12-17/h5-13H,1-4H3,(H,21,25). The van der Waals surface area contributed by atoms with E-state index in [1.54, 1.807) is 4.68 Å². The van der Waals surface area contributed by atoms with Crippen molar-refractivity contribution < 1.29 is 4.79 Å². The molecule has 1 N–H and O–H groups in total. The van der Waals surface area contributed by atoms with Crippen molar-refractivity contribution in [2.75, 3.05) is 5.32 Å². The Bertz CT molecular complexity index is 894. The van der Waals surface area contributed by atoms with Gasteiger partial charge in [-0.3, -0.25) is 4.79 Å². The number of anilines is 1. The number of nitrogens with one attached hydrogen (secondary N) is 1. The second kappa shape index (κ2) is 6.89. The van der Waals surface area contributed by atoms with Gasteiger partial charge in [-0.25, -0.2) is 4.68 Å².